The molecule has 46 heavy (non-hydrogen) atoms. The lowest BCUT2D eigenvalue weighted by Crippen LogP contribution is -2.29. The molecule has 2 aromatic heterocycles. The SMILES string of the molecule is C=CC(=O)Nc1cc(Nc2nc(/C(=C/C)c3ccccc3CCC)c3ccsc3n2)c(OC)cc1N(C)CCN(C)C.CC.CI. The maximum atomic E-state index is 12.4. The smallest absolute Gasteiger partial charge is 0.247 e. The van der Waals surface area contributed by atoms with Crippen LogP contribution < -0.4 is 20.3 Å². The van der Waals surface area contributed by atoms with Crippen LogP contribution in [-0.2, 0) is 11.2 Å². The number of halogens is 1. The van der Waals surface area contributed by atoms with E-state index in [-0.39, 0.29) is 5.91 Å². The van der Waals surface area contributed by atoms with Crippen LogP contribution in [0.25, 0.3) is 15.8 Å². The van der Waals surface area contributed by atoms with Crippen LogP contribution in [0.15, 0.2) is 66.6 Å². The molecule has 0 spiro atoms. The molecule has 4 aromatic rings. The fraction of sp³-hybridized carbons (Fsp3) is 0.361. The van der Waals surface area contributed by atoms with E-state index in [9.17, 15) is 4.79 Å². The standard InChI is InChI=1S/C33H40N6O2S.C2H6.CH3I/c1-8-13-22-14-11-12-15-24(22)23(9-2)31-25-16-19-42-32(25)37-33(36-31)35-27-20-26(34-30(40)10-3)28(21-29(27)41-7)39(6)18-17-38(4)5;2*1-2/h9-12,14-16,19-21H,3,8,13,17-18H2,1-2,4-7H3,(H,34,40)(H,35,36,37);1-2H3;1H3/b23-9+;;. The Morgan fingerprint density at radius 2 is 1.78 bits per heavy atom. The highest BCUT2D eigenvalue weighted by molar-refractivity contribution is 14.1. The molecule has 4 rings (SSSR count). The maximum absolute atomic E-state index is 12.4. The van der Waals surface area contributed by atoms with Crippen LogP contribution in [0, 0.1) is 0 Å². The van der Waals surface area contributed by atoms with Gasteiger partial charge in [0.05, 0.1) is 29.9 Å². The molecule has 248 valence electrons. The van der Waals surface area contributed by atoms with Gasteiger partial charge < -0.3 is 25.2 Å². The second-order valence-corrected chi connectivity index (χ2v) is 11.2. The maximum Gasteiger partial charge on any atom is 0.247 e. The molecule has 0 atom stereocenters. The van der Waals surface area contributed by atoms with Crippen LogP contribution in [0.5, 0.6) is 5.75 Å². The third-order valence-corrected chi connectivity index (χ3v) is 7.80. The van der Waals surface area contributed by atoms with Crippen LogP contribution >= 0.6 is 33.9 Å². The van der Waals surface area contributed by atoms with E-state index in [0.717, 1.165) is 53.1 Å². The van der Waals surface area contributed by atoms with Gasteiger partial charge in [-0.3, -0.25) is 4.79 Å². The van der Waals surface area contributed by atoms with Gasteiger partial charge in [0.15, 0.2) is 0 Å². The molecule has 10 heteroatoms. The summed E-state index contributed by atoms with van der Waals surface area (Å²) < 4.78 is 5.81. The van der Waals surface area contributed by atoms with E-state index in [1.54, 1.807) is 18.4 Å². The Morgan fingerprint density at radius 1 is 1.07 bits per heavy atom. The molecular formula is C36H49IN6O2S. The number of ether oxygens (including phenoxy) is 1. The second-order valence-electron chi connectivity index (χ2n) is 10.3. The van der Waals surface area contributed by atoms with Crippen molar-refractivity contribution in [2.45, 2.75) is 40.5 Å². The van der Waals surface area contributed by atoms with Gasteiger partial charge >= 0.3 is 0 Å². The fourth-order valence-electron chi connectivity index (χ4n) is 4.83. The first-order valence-electron chi connectivity index (χ1n) is 15.5. The molecule has 0 aliphatic rings. The number of carbonyl (C=O) groups excluding carboxylic acids is 1. The van der Waals surface area contributed by atoms with Crippen molar-refractivity contribution in [1.29, 1.82) is 0 Å². The fourth-order valence-corrected chi connectivity index (χ4v) is 5.60. The lowest BCUT2D eigenvalue weighted by atomic mass is 9.93. The van der Waals surface area contributed by atoms with E-state index in [4.69, 9.17) is 14.7 Å². The molecule has 0 aliphatic heterocycles. The van der Waals surface area contributed by atoms with Crippen LogP contribution in [-0.4, -0.2) is 67.0 Å². The van der Waals surface area contributed by atoms with Gasteiger partial charge in [-0.25, -0.2) is 9.97 Å². The first-order valence-corrected chi connectivity index (χ1v) is 18.5. The lowest BCUT2D eigenvalue weighted by Gasteiger charge is -2.26. The summed E-state index contributed by atoms with van der Waals surface area (Å²) in [6, 6.07) is 14.4. The number of alkyl halides is 1. The normalized spacial score (nSPS) is 10.8. The van der Waals surface area contributed by atoms with E-state index in [0.29, 0.717) is 23.1 Å². The first kappa shape index (κ1) is 38.7. The zero-order chi connectivity index (χ0) is 34.2. The van der Waals surface area contributed by atoms with E-state index < -0.39 is 0 Å². The number of amides is 1. The Bertz CT molecular complexity index is 1600. The van der Waals surface area contributed by atoms with Crippen molar-refractivity contribution in [3.63, 3.8) is 0 Å². The highest BCUT2D eigenvalue weighted by atomic mass is 127. The van der Waals surface area contributed by atoms with Crippen LogP contribution in [0.4, 0.5) is 23.0 Å². The van der Waals surface area contributed by atoms with Gasteiger partial charge in [0.25, 0.3) is 0 Å². The van der Waals surface area contributed by atoms with Crippen molar-refractivity contribution in [2.75, 3.05) is 61.8 Å². The molecule has 0 fully saturated rings. The van der Waals surface area contributed by atoms with Crippen molar-refractivity contribution in [2.24, 2.45) is 0 Å². The van der Waals surface area contributed by atoms with Gasteiger partial charge in [0.1, 0.15) is 10.6 Å². The highest BCUT2D eigenvalue weighted by Gasteiger charge is 2.19. The molecule has 0 aliphatic carbocycles. The van der Waals surface area contributed by atoms with Gasteiger partial charge in [-0.1, -0.05) is 86.7 Å². The van der Waals surface area contributed by atoms with E-state index in [1.807, 2.05) is 57.4 Å². The Labute approximate surface area is 293 Å². The van der Waals surface area contributed by atoms with Gasteiger partial charge in [-0.15, -0.1) is 11.3 Å². The molecule has 0 radical (unpaired) electrons. The molecular weight excluding hydrogens is 707 g/mol. The average molecular weight is 757 g/mol. The third-order valence-electron chi connectivity index (χ3n) is 7.00. The number of hydrogen-bond acceptors (Lipinski definition) is 8. The number of likely N-dealkylation sites (N-methyl/N-ethyl adjacent to an activating group) is 2. The quantitative estimate of drug-likeness (QED) is 0.0801. The number of rotatable bonds is 13. The first-order chi connectivity index (χ1) is 22.3. The van der Waals surface area contributed by atoms with E-state index in [1.165, 1.54) is 17.2 Å². The van der Waals surface area contributed by atoms with Crippen molar-refractivity contribution >= 4 is 78.6 Å². The number of allylic oxidation sites excluding steroid dienone is 1. The number of thiophene rings is 1. The number of hydrogen-bond donors (Lipinski definition) is 2. The second kappa shape index (κ2) is 19.9. The minimum atomic E-state index is -0.296. The molecule has 0 saturated heterocycles. The number of methoxy groups -OCH3 is 1. The van der Waals surface area contributed by atoms with E-state index in [2.05, 4.69) is 99.9 Å². The number of nitrogens with one attached hydrogen (secondary N) is 2. The molecule has 0 unspecified atom stereocenters. The monoisotopic (exact) mass is 756 g/mol. The number of benzene rings is 2. The summed E-state index contributed by atoms with van der Waals surface area (Å²) in [6.07, 6.45) is 5.43. The molecule has 2 aromatic carbocycles. The number of anilines is 4. The van der Waals surface area contributed by atoms with Crippen molar-refractivity contribution in [1.82, 2.24) is 14.9 Å². The minimum Gasteiger partial charge on any atom is -0.494 e. The Kier molecular flexibility index (Phi) is 16.7. The van der Waals surface area contributed by atoms with E-state index >= 15 is 0 Å². The minimum absolute atomic E-state index is 0.296. The van der Waals surface area contributed by atoms with Gasteiger partial charge in [0.2, 0.25) is 11.9 Å². The number of aryl methyl sites for hydroxylation is 1. The summed E-state index contributed by atoms with van der Waals surface area (Å²) in [6.45, 7) is 13.5. The Morgan fingerprint density at radius 3 is 2.41 bits per heavy atom. The molecule has 0 saturated carbocycles. The Balaban J connectivity index is 0.00000177. The molecule has 2 N–H and O–H groups in total. The van der Waals surface area contributed by atoms with Gasteiger partial charge in [0, 0.05) is 37.2 Å². The topological polar surface area (TPSA) is 82.6 Å². The van der Waals surface area contributed by atoms with Crippen molar-refractivity contribution < 1.29 is 9.53 Å². The van der Waals surface area contributed by atoms with Crippen LogP contribution in [0.2, 0.25) is 0 Å². The predicted molar refractivity (Wildman–Crippen MR) is 209 cm³/mol. The molecule has 1 amide bonds. The summed E-state index contributed by atoms with van der Waals surface area (Å²) in [7, 11) is 7.68. The summed E-state index contributed by atoms with van der Waals surface area (Å²) in [4.78, 5) is 29.3. The zero-order valence-electron chi connectivity index (χ0n) is 28.7. The summed E-state index contributed by atoms with van der Waals surface area (Å²) in [5.41, 5.74) is 6.50. The third kappa shape index (κ3) is 10.0. The molecule has 0 bridgehead atoms. The summed E-state index contributed by atoms with van der Waals surface area (Å²) >= 11 is 3.72. The molecule has 8 nitrogen and oxygen atoms in total. The summed E-state index contributed by atoms with van der Waals surface area (Å²) in [5, 5.41) is 9.40. The average Bonchev–Trinajstić information content (AvgIpc) is 3.55. The number of fused-ring (bicyclic) bond motifs is 1. The predicted octanol–water partition coefficient (Wildman–Crippen LogP) is 9.05. The van der Waals surface area contributed by atoms with Gasteiger partial charge in [-0.05, 0) is 67.1 Å². The van der Waals surface area contributed by atoms with Crippen LogP contribution in [0.3, 0.4) is 0 Å². The largest absolute Gasteiger partial charge is 0.494 e. The van der Waals surface area contributed by atoms with Crippen LogP contribution in [0.1, 0.15) is 50.9 Å². The number of carbonyl (C=O) groups is 1. The number of aromatic nitrogens is 2. The number of nitrogens with zero attached hydrogens (tertiary/aromatic N) is 4. The summed E-state index contributed by atoms with van der Waals surface area (Å²) in [5.74, 6) is 0.755. The van der Waals surface area contributed by atoms with Crippen molar-refractivity contribution in [3.05, 3.63) is 83.4 Å². The van der Waals surface area contributed by atoms with Crippen molar-refractivity contribution in [3.8, 4) is 5.75 Å². The zero-order valence-corrected chi connectivity index (χ0v) is 31.7. The molecule has 2 heterocycles. The highest BCUT2D eigenvalue weighted by Crippen LogP contribution is 2.39. The lowest BCUT2D eigenvalue weighted by molar-refractivity contribution is -0.111. The Hall–Kier alpha value is -3.48. The van der Waals surface area contributed by atoms with Gasteiger partial charge in [-0.2, -0.15) is 0 Å².